The van der Waals surface area contributed by atoms with Crippen molar-refractivity contribution in [3.8, 4) is 11.8 Å². The average Bonchev–Trinajstić information content (AvgIpc) is 2.98. The molecule has 112 valence electrons. The predicted octanol–water partition coefficient (Wildman–Crippen LogP) is 1.59. The van der Waals surface area contributed by atoms with Gasteiger partial charge < -0.3 is 14.7 Å². The van der Waals surface area contributed by atoms with Gasteiger partial charge in [0.15, 0.2) is 0 Å². The number of aryl methyl sites for hydroxylation is 1. The number of aliphatic hydroxyl groups is 1. The van der Waals surface area contributed by atoms with Crippen LogP contribution in [0.5, 0.6) is 0 Å². The molecule has 1 aliphatic heterocycles. The van der Waals surface area contributed by atoms with Gasteiger partial charge in [-0.3, -0.25) is 4.79 Å². The van der Waals surface area contributed by atoms with Crippen LogP contribution in [0.3, 0.4) is 0 Å². The maximum absolute atomic E-state index is 12.6. The number of aliphatic hydroxyl groups excluding tert-OH is 1. The Morgan fingerprint density at radius 1 is 1.52 bits per heavy atom. The van der Waals surface area contributed by atoms with Crippen molar-refractivity contribution in [3.63, 3.8) is 0 Å². The summed E-state index contributed by atoms with van der Waals surface area (Å²) < 4.78 is 5.57. The molecule has 1 heterocycles. The van der Waals surface area contributed by atoms with Crippen molar-refractivity contribution in [2.24, 2.45) is 0 Å². The second-order valence-corrected chi connectivity index (χ2v) is 5.31. The highest BCUT2D eigenvalue weighted by atomic mass is 16.5. The Morgan fingerprint density at radius 3 is 3.00 bits per heavy atom. The van der Waals surface area contributed by atoms with E-state index in [4.69, 9.17) is 9.84 Å². The van der Waals surface area contributed by atoms with E-state index in [1.807, 2.05) is 19.1 Å². The minimum atomic E-state index is -0.184. The molecule has 21 heavy (non-hydrogen) atoms. The van der Waals surface area contributed by atoms with Crippen molar-refractivity contribution in [2.75, 3.05) is 26.8 Å². The Bertz CT molecular complexity index is 565. The van der Waals surface area contributed by atoms with Crippen LogP contribution in [0.1, 0.15) is 34.3 Å². The summed E-state index contributed by atoms with van der Waals surface area (Å²) >= 11 is 0. The van der Waals surface area contributed by atoms with Gasteiger partial charge in [0.2, 0.25) is 0 Å². The van der Waals surface area contributed by atoms with Gasteiger partial charge in [-0.15, -0.1) is 0 Å². The van der Waals surface area contributed by atoms with Gasteiger partial charge in [-0.05, 0) is 37.5 Å². The first-order chi connectivity index (χ1) is 10.1. The van der Waals surface area contributed by atoms with Crippen LogP contribution in [-0.2, 0) is 4.74 Å². The minimum absolute atomic E-state index is 0.0179. The Balaban J connectivity index is 2.13. The molecule has 4 nitrogen and oxygen atoms in total. The van der Waals surface area contributed by atoms with Gasteiger partial charge in [0.05, 0.1) is 6.10 Å². The van der Waals surface area contributed by atoms with Crippen LogP contribution in [0.15, 0.2) is 18.2 Å². The lowest BCUT2D eigenvalue weighted by Gasteiger charge is -2.21. The number of nitrogens with zero attached hydrogens (tertiary/aromatic N) is 1. The number of benzene rings is 1. The van der Waals surface area contributed by atoms with Crippen LogP contribution in [-0.4, -0.2) is 48.8 Å². The molecule has 1 fully saturated rings. The summed E-state index contributed by atoms with van der Waals surface area (Å²) in [6.07, 6.45) is 2.23. The smallest absolute Gasteiger partial charge is 0.253 e. The predicted molar refractivity (Wildman–Crippen MR) is 81.1 cm³/mol. The van der Waals surface area contributed by atoms with Crippen molar-refractivity contribution in [3.05, 3.63) is 34.9 Å². The number of amides is 1. The zero-order valence-electron chi connectivity index (χ0n) is 12.6. The summed E-state index contributed by atoms with van der Waals surface area (Å²) in [7, 11) is 1.80. The molecular formula is C17H21NO3. The molecule has 1 amide bonds. The second kappa shape index (κ2) is 7.26. The molecule has 0 aromatic heterocycles. The lowest BCUT2D eigenvalue weighted by atomic mass is 10.0. The lowest BCUT2D eigenvalue weighted by Crippen LogP contribution is -2.34. The Morgan fingerprint density at radius 2 is 2.33 bits per heavy atom. The van der Waals surface area contributed by atoms with E-state index in [1.54, 1.807) is 18.0 Å². The summed E-state index contributed by atoms with van der Waals surface area (Å²) in [5.41, 5.74) is 2.32. The van der Waals surface area contributed by atoms with Gasteiger partial charge in [0, 0.05) is 31.3 Å². The van der Waals surface area contributed by atoms with Crippen LogP contribution in [0.4, 0.5) is 0 Å². The van der Waals surface area contributed by atoms with Gasteiger partial charge in [-0.2, -0.15) is 0 Å². The van der Waals surface area contributed by atoms with E-state index in [0.29, 0.717) is 12.1 Å². The highest BCUT2D eigenvalue weighted by Gasteiger charge is 2.21. The molecule has 1 N–H and O–H groups in total. The third-order valence-electron chi connectivity index (χ3n) is 3.63. The summed E-state index contributed by atoms with van der Waals surface area (Å²) in [4.78, 5) is 14.3. The third kappa shape index (κ3) is 4.07. The number of ether oxygens (including phenoxy) is 1. The number of rotatable bonds is 3. The largest absolute Gasteiger partial charge is 0.384 e. The Hall–Kier alpha value is -1.83. The van der Waals surface area contributed by atoms with Crippen LogP contribution in [0.25, 0.3) is 0 Å². The molecule has 4 heteroatoms. The zero-order chi connectivity index (χ0) is 15.2. The molecule has 1 aromatic rings. The summed E-state index contributed by atoms with van der Waals surface area (Å²) in [6, 6.07) is 5.52. The maximum atomic E-state index is 12.6. The molecule has 2 rings (SSSR count). The van der Waals surface area contributed by atoms with Crippen LogP contribution < -0.4 is 0 Å². The monoisotopic (exact) mass is 287 g/mol. The van der Waals surface area contributed by atoms with Gasteiger partial charge in [0.25, 0.3) is 5.91 Å². The topological polar surface area (TPSA) is 49.8 Å². The molecule has 0 bridgehead atoms. The van der Waals surface area contributed by atoms with E-state index in [9.17, 15) is 4.79 Å². The Labute approximate surface area is 125 Å². The average molecular weight is 287 g/mol. The molecule has 1 atom stereocenters. The molecular weight excluding hydrogens is 266 g/mol. The van der Waals surface area contributed by atoms with Crippen molar-refractivity contribution in [1.82, 2.24) is 4.90 Å². The number of likely N-dealkylation sites (N-methyl/N-ethyl adjacent to an activating group) is 1. The quantitative estimate of drug-likeness (QED) is 0.859. The molecule has 0 spiro atoms. The van der Waals surface area contributed by atoms with Gasteiger partial charge >= 0.3 is 0 Å². The van der Waals surface area contributed by atoms with Crippen molar-refractivity contribution in [2.45, 2.75) is 25.9 Å². The van der Waals surface area contributed by atoms with Gasteiger partial charge in [-0.25, -0.2) is 0 Å². The van der Waals surface area contributed by atoms with E-state index in [0.717, 1.165) is 30.6 Å². The van der Waals surface area contributed by atoms with E-state index >= 15 is 0 Å². The standard InChI is InChI=1S/C17H21NO3/c1-13-7-8-14(5-3-9-19)11-16(13)17(20)18(2)12-15-6-4-10-21-15/h7-8,11,15,19H,4,6,9-10,12H2,1-2H3. The maximum Gasteiger partial charge on any atom is 0.253 e. The number of hydrogen-bond acceptors (Lipinski definition) is 3. The van der Waals surface area contributed by atoms with Crippen molar-refractivity contribution >= 4 is 5.91 Å². The normalized spacial score (nSPS) is 17.2. The minimum Gasteiger partial charge on any atom is -0.384 e. The first kappa shape index (κ1) is 15.6. The third-order valence-corrected chi connectivity index (χ3v) is 3.63. The Kier molecular flexibility index (Phi) is 5.38. The number of carbonyl (C=O) groups excluding carboxylic acids is 1. The fourth-order valence-corrected chi connectivity index (χ4v) is 2.45. The lowest BCUT2D eigenvalue weighted by molar-refractivity contribution is 0.0586. The fourth-order valence-electron chi connectivity index (χ4n) is 2.45. The van der Waals surface area contributed by atoms with Crippen molar-refractivity contribution in [1.29, 1.82) is 0 Å². The number of carbonyl (C=O) groups is 1. The molecule has 1 aliphatic rings. The summed E-state index contributed by atoms with van der Waals surface area (Å²) in [6.45, 7) is 3.13. The molecule has 1 saturated heterocycles. The van der Waals surface area contributed by atoms with E-state index < -0.39 is 0 Å². The SMILES string of the molecule is Cc1ccc(C#CCO)cc1C(=O)N(C)CC1CCCO1. The molecule has 1 aromatic carbocycles. The van der Waals surface area contributed by atoms with E-state index in [1.165, 1.54) is 0 Å². The second-order valence-electron chi connectivity index (χ2n) is 5.31. The zero-order valence-corrected chi connectivity index (χ0v) is 12.6. The highest BCUT2D eigenvalue weighted by molar-refractivity contribution is 5.95. The first-order valence-corrected chi connectivity index (χ1v) is 7.19. The molecule has 0 saturated carbocycles. The first-order valence-electron chi connectivity index (χ1n) is 7.19. The van der Waals surface area contributed by atoms with E-state index in [2.05, 4.69) is 11.8 Å². The molecule has 0 radical (unpaired) electrons. The molecule has 0 aliphatic carbocycles. The highest BCUT2D eigenvalue weighted by Crippen LogP contribution is 2.16. The van der Waals surface area contributed by atoms with Crippen molar-refractivity contribution < 1.29 is 14.6 Å². The summed E-state index contributed by atoms with van der Waals surface area (Å²) in [5.74, 6) is 5.41. The van der Waals surface area contributed by atoms with Crippen LogP contribution in [0.2, 0.25) is 0 Å². The summed E-state index contributed by atoms with van der Waals surface area (Å²) in [5, 5.41) is 8.75. The van der Waals surface area contributed by atoms with Crippen LogP contribution >= 0.6 is 0 Å². The van der Waals surface area contributed by atoms with Crippen LogP contribution in [0, 0.1) is 18.8 Å². The number of hydrogen-bond donors (Lipinski definition) is 1. The molecule has 1 unspecified atom stereocenters. The van der Waals surface area contributed by atoms with E-state index in [-0.39, 0.29) is 18.6 Å². The van der Waals surface area contributed by atoms with Gasteiger partial charge in [-0.1, -0.05) is 17.9 Å². The van der Waals surface area contributed by atoms with Gasteiger partial charge in [0.1, 0.15) is 6.61 Å². The fraction of sp³-hybridized carbons (Fsp3) is 0.471.